The summed E-state index contributed by atoms with van der Waals surface area (Å²) in [4.78, 5) is 12.1. The molecule has 0 aromatic heterocycles. The van der Waals surface area contributed by atoms with Crippen LogP contribution in [0.15, 0.2) is 42.5 Å². The van der Waals surface area contributed by atoms with Gasteiger partial charge in [0.25, 0.3) is 5.71 Å². The van der Waals surface area contributed by atoms with Crippen LogP contribution >= 0.6 is 0 Å². The number of ketones is 1. The molecule has 108 valence electrons. The highest BCUT2D eigenvalue weighted by atomic mass is 16.5. The molecule has 21 heavy (non-hydrogen) atoms. The molecule has 0 fully saturated rings. The molecule has 1 aliphatic heterocycles. The van der Waals surface area contributed by atoms with Crippen LogP contribution in [-0.2, 0) is 4.79 Å². The molecule has 0 saturated heterocycles. The Hall–Kier alpha value is -2.56. The highest BCUT2D eigenvalue weighted by Gasteiger charge is 2.31. The number of hydrogen-bond donors (Lipinski definition) is 0. The molecule has 0 bridgehead atoms. The second kappa shape index (κ2) is 5.44. The molecule has 0 radical (unpaired) electrons. The van der Waals surface area contributed by atoms with Crippen LogP contribution < -0.4 is 4.74 Å². The Bertz CT molecular complexity index is 724. The van der Waals surface area contributed by atoms with Gasteiger partial charge in [0.1, 0.15) is 25.4 Å². The monoisotopic (exact) mass is 284 g/mol. The van der Waals surface area contributed by atoms with Crippen LogP contribution in [0.4, 0.5) is 0 Å². The van der Waals surface area contributed by atoms with E-state index >= 15 is 0 Å². The van der Waals surface area contributed by atoms with Crippen molar-refractivity contribution in [1.29, 1.82) is 0 Å². The first-order chi connectivity index (χ1) is 10.1. The molecule has 0 aliphatic carbocycles. The molecular weight excluding hydrogens is 268 g/mol. The number of hydrazine groups is 1. The number of ether oxygens (including phenoxy) is 1. The predicted molar refractivity (Wildman–Crippen MR) is 80.3 cm³/mol. The van der Waals surface area contributed by atoms with Gasteiger partial charge >= 0.3 is 0 Å². The number of Topliss-reactive ketones (excluding diaryl/α,β-unsaturated/α-hetero) is 1. The number of benzene rings is 2. The molecule has 3 rings (SSSR count). The van der Waals surface area contributed by atoms with Crippen molar-refractivity contribution >= 4 is 22.3 Å². The van der Waals surface area contributed by atoms with E-state index in [0.717, 1.165) is 16.5 Å². The average Bonchev–Trinajstić information content (AvgIpc) is 2.74. The standard InChI is InChI=1S/C16H16N2O3/c1-12-16(19)11-17(18(12)20)8-9-21-15-7-6-13-4-2-3-5-14(13)10-15/h2-7,10H,8-9,11H2,1H3. The highest BCUT2D eigenvalue weighted by Crippen LogP contribution is 2.20. The van der Waals surface area contributed by atoms with Gasteiger partial charge in [-0.1, -0.05) is 35.2 Å². The zero-order valence-electron chi connectivity index (χ0n) is 11.8. The third-order valence-electron chi connectivity index (χ3n) is 3.61. The number of hydrazone groups is 1. The third-order valence-corrected chi connectivity index (χ3v) is 3.61. The van der Waals surface area contributed by atoms with Crippen molar-refractivity contribution in [3.63, 3.8) is 0 Å². The summed E-state index contributed by atoms with van der Waals surface area (Å²) in [5.74, 6) is 0.632. The van der Waals surface area contributed by atoms with Gasteiger partial charge in [-0.3, -0.25) is 4.79 Å². The maximum Gasteiger partial charge on any atom is 0.260 e. The van der Waals surface area contributed by atoms with Crippen LogP contribution in [0.1, 0.15) is 6.92 Å². The molecule has 2 aromatic rings. The highest BCUT2D eigenvalue weighted by molar-refractivity contribution is 6.38. The lowest BCUT2D eigenvalue weighted by atomic mass is 10.1. The van der Waals surface area contributed by atoms with Crippen LogP contribution in [0.5, 0.6) is 5.75 Å². The molecule has 5 heteroatoms. The van der Waals surface area contributed by atoms with E-state index in [1.54, 1.807) is 6.92 Å². The van der Waals surface area contributed by atoms with Gasteiger partial charge in [0.05, 0.1) is 0 Å². The SMILES string of the molecule is CC1=[N+]([O-])N(CCOc2ccc3ccccc3c2)CC1=O. The van der Waals surface area contributed by atoms with Crippen molar-refractivity contribution in [3.05, 3.63) is 47.7 Å². The molecule has 1 aliphatic rings. The summed E-state index contributed by atoms with van der Waals surface area (Å²) >= 11 is 0. The fourth-order valence-electron chi connectivity index (χ4n) is 2.36. The Labute approximate surface area is 122 Å². The fraction of sp³-hybridized carbons (Fsp3) is 0.250. The molecule has 1 heterocycles. The summed E-state index contributed by atoms with van der Waals surface area (Å²) in [5.41, 5.74) is 0.237. The minimum Gasteiger partial charge on any atom is -0.596 e. The third kappa shape index (κ3) is 2.67. The van der Waals surface area contributed by atoms with Crippen molar-refractivity contribution in [2.75, 3.05) is 19.7 Å². The molecule has 0 N–H and O–H groups in total. The molecule has 0 unspecified atom stereocenters. The molecule has 0 saturated carbocycles. The summed E-state index contributed by atoms with van der Waals surface area (Å²) in [7, 11) is 0. The Morgan fingerprint density at radius 3 is 2.71 bits per heavy atom. The van der Waals surface area contributed by atoms with Gasteiger partial charge in [0, 0.05) is 6.92 Å². The van der Waals surface area contributed by atoms with Gasteiger partial charge in [0.2, 0.25) is 5.78 Å². The van der Waals surface area contributed by atoms with Crippen molar-refractivity contribution in [2.24, 2.45) is 0 Å². The van der Waals surface area contributed by atoms with Gasteiger partial charge in [-0.2, -0.15) is 5.01 Å². The first-order valence-corrected chi connectivity index (χ1v) is 6.85. The van der Waals surface area contributed by atoms with E-state index in [-0.39, 0.29) is 18.0 Å². The first kappa shape index (κ1) is 13.4. The number of carbonyl (C=O) groups excluding carboxylic acids is 1. The van der Waals surface area contributed by atoms with E-state index in [1.807, 2.05) is 42.5 Å². The van der Waals surface area contributed by atoms with Crippen molar-refractivity contribution < 1.29 is 14.4 Å². The van der Waals surface area contributed by atoms with Gasteiger partial charge in [-0.15, -0.1) is 0 Å². The second-order valence-electron chi connectivity index (χ2n) is 5.03. The van der Waals surface area contributed by atoms with Crippen LogP contribution in [0, 0.1) is 5.21 Å². The lowest BCUT2D eigenvalue weighted by molar-refractivity contribution is -0.627. The van der Waals surface area contributed by atoms with Gasteiger partial charge in [-0.25, -0.2) is 0 Å². The second-order valence-corrected chi connectivity index (χ2v) is 5.03. The summed E-state index contributed by atoms with van der Waals surface area (Å²) in [6.07, 6.45) is 0. The smallest absolute Gasteiger partial charge is 0.260 e. The number of hydrogen-bond acceptors (Lipinski definition) is 4. The van der Waals surface area contributed by atoms with Crippen LogP contribution in [0.3, 0.4) is 0 Å². The van der Waals surface area contributed by atoms with Crippen LogP contribution in [0.2, 0.25) is 0 Å². The van der Waals surface area contributed by atoms with Crippen LogP contribution in [0.25, 0.3) is 10.8 Å². The number of nitrogens with zero attached hydrogens (tertiary/aromatic N) is 2. The molecule has 2 aromatic carbocycles. The Morgan fingerprint density at radius 2 is 2.00 bits per heavy atom. The maximum atomic E-state index is 11.7. The summed E-state index contributed by atoms with van der Waals surface area (Å²) in [5, 5.41) is 15.4. The predicted octanol–water partition coefficient (Wildman–Crippen LogP) is 1.99. The van der Waals surface area contributed by atoms with E-state index in [1.165, 1.54) is 5.01 Å². The Kier molecular flexibility index (Phi) is 3.48. The summed E-state index contributed by atoms with van der Waals surface area (Å²) < 4.78 is 5.67. The van der Waals surface area contributed by atoms with E-state index in [9.17, 15) is 10.0 Å². The summed E-state index contributed by atoms with van der Waals surface area (Å²) in [6, 6.07) is 13.9. The fourth-order valence-corrected chi connectivity index (χ4v) is 2.36. The quantitative estimate of drug-likeness (QED) is 0.636. The lowest BCUT2D eigenvalue weighted by Crippen LogP contribution is -2.32. The topological polar surface area (TPSA) is 55.6 Å². The van der Waals surface area contributed by atoms with Crippen molar-refractivity contribution in [2.45, 2.75) is 6.92 Å². The van der Waals surface area contributed by atoms with E-state index < -0.39 is 0 Å². The van der Waals surface area contributed by atoms with Crippen LogP contribution in [-0.4, -0.2) is 41.0 Å². The Balaban J connectivity index is 1.61. The van der Waals surface area contributed by atoms with E-state index in [0.29, 0.717) is 18.0 Å². The van der Waals surface area contributed by atoms with Crippen molar-refractivity contribution in [1.82, 2.24) is 5.01 Å². The van der Waals surface area contributed by atoms with Gasteiger partial charge in [0.15, 0.2) is 0 Å². The maximum absolute atomic E-state index is 11.7. The normalized spacial score (nSPS) is 15.1. The van der Waals surface area contributed by atoms with E-state index in [2.05, 4.69) is 0 Å². The molecule has 5 nitrogen and oxygen atoms in total. The minimum atomic E-state index is -0.129. The zero-order chi connectivity index (χ0) is 14.8. The Morgan fingerprint density at radius 1 is 1.24 bits per heavy atom. The average molecular weight is 284 g/mol. The lowest BCUT2D eigenvalue weighted by Gasteiger charge is -2.15. The first-order valence-electron chi connectivity index (χ1n) is 6.85. The van der Waals surface area contributed by atoms with Gasteiger partial charge < -0.3 is 9.94 Å². The molecule has 0 amide bonds. The number of rotatable bonds is 4. The summed E-state index contributed by atoms with van der Waals surface area (Å²) in [6.45, 7) is 2.42. The van der Waals surface area contributed by atoms with Gasteiger partial charge in [-0.05, 0) is 22.9 Å². The van der Waals surface area contributed by atoms with Crippen molar-refractivity contribution in [3.8, 4) is 5.75 Å². The largest absolute Gasteiger partial charge is 0.596 e. The molecule has 0 spiro atoms. The number of carbonyl (C=O) groups is 1. The minimum absolute atomic E-state index is 0.129. The molecular formula is C16H16N2O3. The number of fused-ring (bicyclic) bond motifs is 1. The van der Waals surface area contributed by atoms with E-state index in [4.69, 9.17) is 4.74 Å². The zero-order valence-corrected chi connectivity index (χ0v) is 11.8. The molecule has 0 atom stereocenters.